The Hall–Kier alpha value is -2.11. The Labute approximate surface area is 144 Å². The van der Waals surface area contributed by atoms with Gasteiger partial charge in [0.25, 0.3) is 11.8 Å². The first-order valence-corrected chi connectivity index (χ1v) is 7.65. The summed E-state index contributed by atoms with van der Waals surface area (Å²) >= 11 is 11.9. The highest BCUT2D eigenvalue weighted by molar-refractivity contribution is 6.35. The largest absolute Gasteiger partial charge is 0.350 e. The van der Waals surface area contributed by atoms with Crippen molar-refractivity contribution in [1.82, 2.24) is 10.3 Å². The lowest BCUT2D eigenvalue weighted by atomic mass is 10.2. The molecule has 0 aliphatic rings. The molecule has 7 heteroatoms. The number of nitrogens with one attached hydrogen (secondary N) is 2. The number of amides is 2. The molecule has 23 heavy (non-hydrogen) atoms. The first kappa shape index (κ1) is 17.2. The van der Waals surface area contributed by atoms with Gasteiger partial charge in [0.1, 0.15) is 5.69 Å². The van der Waals surface area contributed by atoms with Crippen LogP contribution in [0.4, 0.5) is 5.69 Å². The SMILES string of the molecule is CC(C)NC(=O)c1ccnc(C(=O)Nc2cc(Cl)ccc2Cl)c1. The highest BCUT2D eigenvalue weighted by atomic mass is 35.5. The molecule has 2 aromatic rings. The fourth-order valence-corrected chi connectivity index (χ4v) is 2.16. The van der Waals surface area contributed by atoms with Gasteiger partial charge in [-0.25, -0.2) is 0 Å². The zero-order valence-electron chi connectivity index (χ0n) is 12.6. The molecular weight excluding hydrogens is 337 g/mol. The van der Waals surface area contributed by atoms with E-state index in [4.69, 9.17) is 23.2 Å². The molecule has 1 aromatic carbocycles. The van der Waals surface area contributed by atoms with E-state index in [1.54, 1.807) is 18.2 Å². The average molecular weight is 352 g/mol. The first-order chi connectivity index (χ1) is 10.9. The summed E-state index contributed by atoms with van der Waals surface area (Å²) in [6.07, 6.45) is 1.41. The Morgan fingerprint density at radius 2 is 1.83 bits per heavy atom. The number of nitrogens with zero attached hydrogens (tertiary/aromatic N) is 1. The van der Waals surface area contributed by atoms with E-state index in [0.717, 1.165) is 0 Å². The van der Waals surface area contributed by atoms with Crippen LogP contribution in [-0.4, -0.2) is 22.8 Å². The molecule has 0 saturated carbocycles. The van der Waals surface area contributed by atoms with E-state index < -0.39 is 5.91 Å². The minimum atomic E-state index is -0.478. The molecule has 0 radical (unpaired) electrons. The van der Waals surface area contributed by atoms with E-state index in [1.807, 2.05) is 13.8 Å². The van der Waals surface area contributed by atoms with Crippen LogP contribution in [0.1, 0.15) is 34.7 Å². The van der Waals surface area contributed by atoms with Crippen molar-refractivity contribution in [2.75, 3.05) is 5.32 Å². The van der Waals surface area contributed by atoms with Crippen molar-refractivity contribution in [1.29, 1.82) is 0 Å². The second-order valence-electron chi connectivity index (χ2n) is 5.14. The zero-order valence-corrected chi connectivity index (χ0v) is 14.1. The molecule has 2 N–H and O–H groups in total. The van der Waals surface area contributed by atoms with Crippen LogP contribution in [0.3, 0.4) is 0 Å². The predicted octanol–water partition coefficient (Wildman–Crippen LogP) is 3.78. The van der Waals surface area contributed by atoms with Crippen LogP contribution in [0.15, 0.2) is 36.5 Å². The summed E-state index contributed by atoms with van der Waals surface area (Å²) < 4.78 is 0. The number of aromatic nitrogens is 1. The number of carbonyl (C=O) groups excluding carboxylic acids is 2. The molecule has 0 atom stereocenters. The van der Waals surface area contributed by atoms with Gasteiger partial charge in [-0.2, -0.15) is 0 Å². The maximum absolute atomic E-state index is 12.3. The van der Waals surface area contributed by atoms with Crippen LogP contribution in [-0.2, 0) is 0 Å². The highest BCUT2D eigenvalue weighted by Crippen LogP contribution is 2.25. The van der Waals surface area contributed by atoms with Gasteiger partial charge in [-0.1, -0.05) is 23.2 Å². The van der Waals surface area contributed by atoms with Crippen LogP contribution in [0.5, 0.6) is 0 Å². The van der Waals surface area contributed by atoms with Crippen molar-refractivity contribution in [3.05, 3.63) is 57.8 Å². The van der Waals surface area contributed by atoms with E-state index in [0.29, 0.717) is 21.3 Å². The van der Waals surface area contributed by atoms with E-state index in [-0.39, 0.29) is 17.6 Å². The number of anilines is 1. The Kier molecular flexibility index (Phi) is 5.58. The standard InChI is InChI=1S/C16H15Cl2N3O2/c1-9(2)20-15(22)10-5-6-19-14(7-10)16(23)21-13-8-11(17)3-4-12(13)18/h3-9H,1-2H3,(H,20,22)(H,21,23). The summed E-state index contributed by atoms with van der Waals surface area (Å²) in [4.78, 5) is 28.2. The third-order valence-electron chi connectivity index (χ3n) is 2.85. The number of carbonyl (C=O) groups is 2. The van der Waals surface area contributed by atoms with Gasteiger partial charge in [-0.3, -0.25) is 14.6 Å². The van der Waals surface area contributed by atoms with Crippen LogP contribution in [0.25, 0.3) is 0 Å². The van der Waals surface area contributed by atoms with Crippen molar-refractivity contribution in [2.45, 2.75) is 19.9 Å². The maximum atomic E-state index is 12.3. The molecule has 0 spiro atoms. The molecule has 0 fully saturated rings. The second-order valence-corrected chi connectivity index (χ2v) is 5.98. The van der Waals surface area contributed by atoms with E-state index in [9.17, 15) is 9.59 Å². The van der Waals surface area contributed by atoms with Crippen LogP contribution in [0.2, 0.25) is 10.0 Å². The fraction of sp³-hybridized carbons (Fsp3) is 0.188. The molecule has 0 unspecified atom stereocenters. The molecule has 0 aliphatic carbocycles. The third kappa shape index (κ3) is 4.68. The number of halogens is 2. The van der Waals surface area contributed by atoms with E-state index in [1.165, 1.54) is 18.3 Å². The van der Waals surface area contributed by atoms with Crippen molar-refractivity contribution in [2.24, 2.45) is 0 Å². The summed E-state index contributed by atoms with van der Waals surface area (Å²) in [7, 11) is 0. The van der Waals surface area contributed by atoms with Gasteiger partial charge in [0.15, 0.2) is 0 Å². The summed E-state index contributed by atoms with van der Waals surface area (Å²) in [6, 6.07) is 7.70. The summed E-state index contributed by atoms with van der Waals surface area (Å²) in [5, 5.41) is 6.18. The molecule has 5 nitrogen and oxygen atoms in total. The van der Waals surface area contributed by atoms with Gasteiger partial charge in [-0.05, 0) is 44.2 Å². The monoisotopic (exact) mass is 351 g/mol. The Balaban J connectivity index is 2.20. The van der Waals surface area contributed by atoms with Gasteiger partial charge >= 0.3 is 0 Å². The molecule has 0 aliphatic heterocycles. The van der Waals surface area contributed by atoms with Crippen LogP contribution in [0, 0.1) is 0 Å². The number of pyridine rings is 1. The van der Waals surface area contributed by atoms with Crippen LogP contribution >= 0.6 is 23.2 Å². The third-order valence-corrected chi connectivity index (χ3v) is 3.42. The summed E-state index contributed by atoms with van der Waals surface area (Å²) in [6.45, 7) is 3.71. The number of hydrogen-bond acceptors (Lipinski definition) is 3. The highest BCUT2D eigenvalue weighted by Gasteiger charge is 2.14. The molecule has 0 saturated heterocycles. The minimum absolute atomic E-state index is 0.00166. The normalized spacial score (nSPS) is 10.5. The fourth-order valence-electron chi connectivity index (χ4n) is 1.82. The first-order valence-electron chi connectivity index (χ1n) is 6.90. The van der Waals surface area contributed by atoms with Crippen LogP contribution < -0.4 is 10.6 Å². The van der Waals surface area contributed by atoms with Crippen molar-refractivity contribution < 1.29 is 9.59 Å². The Morgan fingerprint density at radius 3 is 2.52 bits per heavy atom. The van der Waals surface area contributed by atoms with Crippen molar-refractivity contribution in [3.8, 4) is 0 Å². The topological polar surface area (TPSA) is 71.1 Å². The van der Waals surface area contributed by atoms with Gasteiger partial charge in [0, 0.05) is 22.8 Å². The van der Waals surface area contributed by atoms with Gasteiger partial charge in [0.2, 0.25) is 0 Å². The predicted molar refractivity (Wildman–Crippen MR) is 91.3 cm³/mol. The molecular formula is C16H15Cl2N3O2. The minimum Gasteiger partial charge on any atom is -0.350 e. The van der Waals surface area contributed by atoms with E-state index in [2.05, 4.69) is 15.6 Å². The van der Waals surface area contributed by atoms with Crippen molar-refractivity contribution in [3.63, 3.8) is 0 Å². The molecule has 0 bridgehead atoms. The lowest BCUT2D eigenvalue weighted by Gasteiger charge is -2.10. The lowest BCUT2D eigenvalue weighted by molar-refractivity contribution is 0.0943. The lowest BCUT2D eigenvalue weighted by Crippen LogP contribution is -2.30. The number of hydrogen-bond donors (Lipinski definition) is 2. The maximum Gasteiger partial charge on any atom is 0.274 e. The van der Waals surface area contributed by atoms with Gasteiger partial charge in [0.05, 0.1) is 10.7 Å². The number of rotatable bonds is 4. The molecule has 1 aromatic heterocycles. The number of benzene rings is 1. The Morgan fingerprint density at radius 1 is 1.09 bits per heavy atom. The van der Waals surface area contributed by atoms with Gasteiger partial charge < -0.3 is 10.6 Å². The smallest absolute Gasteiger partial charge is 0.274 e. The summed E-state index contributed by atoms with van der Waals surface area (Å²) in [5.74, 6) is -0.745. The van der Waals surface area contributed by atoms with E-state index >= 15 is 0 Å². The average Bonchev–Trinajstić information content (AvgIpc) is 2.50. The Bertz CT molecular complexity index is 748. The molecule has 1 heterocycles. The second kappa shape index (κ2) is 7.44. The molecule has 120 valence electrons. The molecule has 2 rings (SSSR count). The quantitative estimate of drug-likeness (QED) is 0.880. The van der Waals surface area contributed by atoms with Crippen molar-refractivity contribution >= 4 is 40.7 Å². The van der Waals surface area contributed by atoms with Gasteiger partial charge in [-0.15, -0.1) is 0 Å². The zero-order chi connectivity index (χ0) is 17.0. The summed E-state index contributed by atoms with van der Waals surface area (Å²) in [5.41, 5.74) is 0.844. The molecule has 2 amide bonds.